The third-order valence-electron chi connectivity index (χ3n) is 6.37. The van der Waals surface area contributed by atoms with E-state index in [1.54, 1.807) is 0 Å². The largest absolute Gasteiger partial charge is 0.0651 e. The zero-order valence-corrected chi connectivity index (χ0v) is 14.5. The smallest absolute Gasteiger partial charge is 0.0300 e. The van der Waals surface area contributed by atoms with Crippen LogP contribution in [-0.4, -0.2) is 0 Å². The van der Waals surface area contributed by atoms with Crippen LogP contribution in [0.25, 0.3) is 0 Å². The highest BCUT2D eigenvalue weighted by atomic mass is 14.4. The first kappa shape index (κ1) is 17.1. The molecule has 1 aliphatic rings. The van der Waals surface area contributed by atoms with Crippen LogP contribution < -0.4 is 0 Å². The predicted molar refractivity (Wildman–Crippen MR) is 87.4 cm³/mol. The second-order valence-electron chi connectivity index (χ2n) is 8.12. The third kappa shape index (κ3) is 5.12. The Bertz CT molecular complexity index is 240. The summed E-state index contributed by atoms with van der Waals surface area (Å²) in [6.45, 7) is 14.8. The standard InChI is InChI=1S/C19H38/c1-7-15(2)11-13-17(4)19(5,6)18-10-8-9-16(3)12-14-18/h15-18H,7-14H2,1-6H3. The van der Waals surface area contributed by atoms with Crippen molar-refractivity contribution in [2.75, 3.05) is 0 Å². The summed E-state index contributed by atoms with van der Waals surface area (Å²) >= 11 is 0. The van der Waals surface area contributed by atoms with E-state index in [2.05, 4.69) is 41.5 Å². The van der Waals surface area contributed by atoms with E-state index in [1.807, 2.05) is 0 Å². The maximum Gasteiger partial charge on any atom is -0.0300 e. The Morgan fingerprint density at radius 3 is 2.32 bits per heavy atom. The summed E-state index contributed by atoms with van der Waals surface area (Å²) in [6.07, 6.45) is 11.5. The van der Waals surface area contributed by atoms with Gasteiger partial charge in [0.25, 0.3) is 0 Å². The Kier molecular flexibility index (Phi) is 6.91. The molecule has 0 saturated heterocycles. The van der Waals surface area contributed by atoms with Gasteiger partial charge in [0.05, 0.1) is 0 Å². The first-order valence-corrected chi connectivity index (χ1v) is 8.87. The summed E-state index contributed by atoms with van der Waals surface area (Å²) in [7, 11) is 0. The lowest BCUT2D eigenvalue weighted by molar-refractivity contribution is 0.0997. The Morgan fingerprint density at radius 1 is 1.00 bits per heavy atom. The minimum atomic E-state index is 0.539. The van der Waals surface area contributed by atoms with Gasteiger partial charge in [-0.3, -0.25) is 0 Å². The van der Waals surface area contributed by atoms with Crippen LogP contribution in [-0.2, 0) is 0 Å². The van der Waals surface area contributed by atoms with E-state index < -0.39 is 0 Å². The molecule has 0 aromatic rings. The van der Waals surface area contributed by atoms with Gasteiger partial charge in [0.2, 0.25) is 0 Å². The number of rotatable bonds is 6. The maximum atomic E-state index is 2.55. The zero-order chi connectivity index (χ0) is 14.5. The fraction of sp³-hybridized carbons (Fsp3) is 1.00. The molecule has 1 fully saturated rings. The summed E-state index contributed by atoms with van der Waals surface area (Å²) in [5.74, 6) is 3.72. The minimum absolute atomic E-state index is 0.539. The van der Waals surface area contributed by atoms with Gasteiger partial charge in [0.15, 0.2) is 0 Å². The van der Waals surface area contributed by atoms with Gasteiger partial charge in [-0.1, -0.05) is 73.6 Å². The molecular weight excluding hydrogens is 228 g/mol. The topological polar surface area (TPSA) is 0 Å². The normalized spacial score (nSPS) is 28.7. The van der Waals surface area contributed by atoms with Crippen molar-refractivity contribution in [1.82, 2.24) is 0 Å². The molecule has 1 saturated carbocycles. The molecule has 114 valence electrons. The van der Waals surface area contributed by atoms with Gasteiger partial charge < -0.3 is 0 Å². The lowest BCUT2D eigenvalue weighted by atomic mass is 9.65. The quantitative estimate of drug-likeness (QED) is 0.470. The van der Waals surface area contributed by atoms with Crippen molar-refractivity contribution in [3.05, 3.63) is 0 Å². The molecule has 0 N–H and O–H groups in total. The summed E-state index contributed by atoms with van der Waals surface area (Å²) in [6, 6.07) is 0. The highest BCUT2D eigenvalue weighted by Gasteiger charge is 2.35. The summed E-state index contributed by atoms with van der Waals surface area (Å²) < 4.78 is 0. The van der Waals surface area contributed by atoms with Crippen LogP contribution in [0.3, 0.4) is 0 Å². The molecule has 4 atom stereocenters. The molecule has 0 aliphatic heterocycles. The lowest BCUT2D eigenvalue weighted by Gasteiger charge is -2.40. The Hall–Kier alpha value is 0. The average Bonchev–Trinajstić information content (AvgIpc) is 2.60. The van der Waals surface area contributed by atoms with Crippen LogP contribution >= 0.6 is 0 Å². The highest BCUT2D eigenvalue weighted by molar-refractivity contribution is 4.85. The first-order chi connectivity index (χ1) is 8.87. The molecule has 0 amide bonds. The molecule has 0 heterocycles. The van der Waals surface area contributed by atoms with Gasteiger partial charge in [-0.15, -0.1) is 0 Å². The molecule has 1 aliphatic carbocycles. The molecular formula is C19H38. The second-order valence-corrected chi connectivity index (χ2v) is 8.12. The van der Waals surface area contributed by atoms with Crippen LogP contribution in [0.15, 0.2) is 0 Å². The minimum Gasteiger partial charge on any atom is -0.0651 e. The fourth-order valence-corrected chi connectivity index (χ4v) is 3.74. The predicted octanol–water partition coefficient (Wildman–Crippen LogP) is 6.69. The summed E-state index contributed by atoms with van der Waals surface area (Å²) in [4.78, 5) is 0. The van der Waals surface area contributed by atoms with E-state index in [4.69, 9.17) is 0 Å². The van der Waals surface area contributed by atoms with Gasteiger partial charge in [0.1, 0.15) is 0 Å². The first-order valence-electron chi connectivity index (χ1n) is 8.87. The van der Waals surface area contributed by atoms with Crippen LogP contribution in [0.1, 0.15) is 92.9 Å². The van der Waals surface area contributed by atoms with Gasteiger partial charge in [-0.2, -0.15) is 0 Å². The fourth-order valence-electron chi connectivity index (χ4n) is 3.74. The van der Waals surface area contributed by atoms with E-state index in [9.17, 15) is 0 Å². The molecule has 0 nitrogen and oxygen atoms in total. The summed E-state index contributed by atoms with van der Waals surface area (Å²) in [5, 5.41) is 0. The van der Waals surface area contributed by atoms with Gasteiger partial charge in [-0.25, -0.2) is 0 Å². The average molecular weight is 267 g/mol. The molecule has 1 rings (SSSR count). The number of hydrogen-bond acceptors (Lipinski definition) is 0. The summed E-state index contributed by atoms with van der Waals surface area (Å²) in [5.41, 5.74) is 0.539. The van der Waals surface area contributed by atoms with E-state index in [0.29, 0.717) is 5.41 Å². The van der Waals surface area contributed by atoms with Gasteiger partial charge >= 0.3 is 0 Å². The van der Waals surface area contributed by atoms with Crippen molar-refractivity contribution < 1.29 is 0 Å². The van der Waals surface area contributed by atoms with E-state index >= 15 is 0 Å². The zero-order valence-electron chi connectivity index (χ0n) is 14.5. The van der Waals surface area contributed by atoms with E-state index in [0.717, 1.165) is 23.7 Å². The molecule has 4 unspecified atom stereocenters. The molecule has 0 radical (unpaired) electrons. The van der Waals surface area contributed by atoms with Crippen LogP contribution in [0.4, 0.5) is 0 Å². The molecule has 0 bridgehead atoms. The Labute approximate surface area is 122 Å². The lowest BCUT2D eigenvalue weighted by Crippen LogP contribution is -2.31. The third-order valence-corrected chi connectivity index (χ3v) is 6.37. The molecule has 19 heavy (non-hydrogen) atoms. The second kappa shape index (κ2) is 7.70. The molecule has 0 aromatic carbocycles. The van der Waals surface area contributed by atoms with Gasteiger partial charge in [0, 0.05) is 0 Å². The molecule has 0 heteroatoms. The van der Waals surface area contributed by atoms with Crippen molar-refractivity contribution in [3.63, 3.8) is 0 Å². The number of hydrogen-bond donors (Lipinski definition) is 0. The van der Waals surface area contributed by atoms with Crippen LogP contribution in [0.5, 0.6) is 0 Å². The van der Waals surface area contributed by atoms with Crippen molar-refractivity contribution in [1.29, 1.82) is 0 Å². The van der Waals surface area contributed by atoms with Crippen LogP contribution in [0.2, 0.25) is 0 Å². The molecule has 0 spiro atoms. The Morgan fingerprint density at radius 2 is 1.68 bits per heavy atom. The van der Waals surface area contributed by atoms with Crippen molar-refractivity contribution in [2.45, 2.75) is 92.9 Å². The van der Waals surface area contributed by atoms with Crippen molar-refractivity contribution in [2.24, 2.45) is 29.1 Å². The van der Waals surface area contributed by atoms with E-state index in [-0.39, 0.29) is 0 Å². The van der Waals surface area contributed by atoms with E-state index in [1.165, 1.54) is 51.4 Å². The Balaban J connectivity index is 2.52. The highest BCUT2D eigenvalue weighted by Crippen LogP contribution is 2.45. The van der Waals surface area contributed by atoms with Crippen molar-refractivity contribution in [3.8, 4) is 0 Å². The van der Waals surface area contributed by atoms with Gasteiger partial charge in [-0.05, 0) is 48.3 Å². The maximum absolute atomic E-state index is 2.55. The molecule has 0 aromatic heterocycles. The monoisotopic (exact) mass is 266 g/mol. The van der Waals surface area contributed by atoms with Crippen LogP contribution in [0, 0.1) is 29.1 Å². The SMILES string of the molecule is CCC(C)CCC(C)C(C)(C)C1CCCC(C)CC1. The van der Waals surface area contributed by atoms with Crippen molar-refractivity contribution >= 4 is 0 Å².